The summed E-state index contributed by atoms with van der Waals surface area (Å²) in [6, 6.07) is 4.69. The van der Waals surface area contributed by atoms with Crippen molar-refractivity contribution in [3.63, 3.8) is 0 Å². The van der Waals surface area contributed by atoms with Crippen molar-refractivity contribution >= 4 is 0 Å². The third-order valence-corrected chi connectivity index (χ3v) is 5.37. The summed E-state index contributed by atoms with van der Waals surface area (Å²) in [4.78, 5) is 0. The van der Waals surface area contributed by atoms with Gasteiger partial charge in [0.05, 0.1) is 5.56 Å². The Kier molecular flexibility index (Phi) is 5.75. The van der Waals surface area contributed by atoms with Crippen LogP contribution >= 0.6 is 0 Å². The van der Waals surface area contributed by atoms with Gasteiger partial charge in [-0.1, -0.05) is 6.42 Å². The molecule has 1 aliphatic heterocycles. The van der Waals surface area contributed by atoms with Crippen LogP contribution in [0.1, 0.15) is 50.5 Å². The summed E-state index contributed by atoms with van der Waals surface area (Å²) < 4.78 is 71.3. The average Bonchev–Trinajstić information content (AvgIpc) is 2.95. The smallest absolute Gasteiger partial charge is 0.416 e. The molecule has 0 bridgehead atoms. The molecule has 1 saturated carbocycles. The van der Waals surface area contributed by atoms with Crippen LogP contribution in [0.25, 0.3) is 0 Å². The molecular formula is C19H24F5NO. The van der Waals surface area contributed by atoms with E-state index >= 15 is 0 Å². The third-order valence-electron chi connectivity index (χ3n) is 5.37. The van der Waals surface area contributed by atoms with E-state index in [-0.39, 0.29) is 24.8 Å². The van der Waals surface area contributed by atoms with Gasteiger partial charge in [0.25, 0.3) is 0 Å². The van der Waals surface area contributed by atoms with Gasteiger partial charge in [-0.2, -0.15) is 13.2 Å². The lowest BCUT2D eigenvalue weighted by molar-refractivity contribution is -0.137. The standard InChI is InChI=1S/C19H24F5NO/c20-18(21)9-8-13(12-18)17(11-15-3-1-2-10-25-15)26-16-6-4-14(5-7-16)19(22,23)24/h4-7,13,15,17,25H,1-3,8-12H2/t13-,15?,17?/m0/s1. The number of piperidine rings is 1. The van der Waals surface area contributed by atoms with Gasteiger partial charge in [0.1, 0.15) is 11.9 Å². The Hall–Kier alpha value is -1.37. The molecule has 1 heterocycles. The molecule has 3 atom stereocenters. The Labute approximate surface area is 150 Å². The fourth-order valence-corrected chi connectivity index (χ4v) is 3.94. The number of hydrogen-bond donors (Lipinski definition) is 1. The zero-order valence-electron chi connectivity index (χ0n) is 14.5. The number of ether oxygens (including phenoxy) is 1. The minimum Gasteiger partial charge on any atom is -0.490 e. The van der Waals surface area contributed by atoms with Crippen LogP contribution in [0.15, 0.2) is 24.3 Å². The Morgan fingerprint density at radius 1 is 1.12 bits per heavy atom. The SMILES string of the molecule is FC1(F)CC[C@H](C(CC2CCCCN2)Oc2ccc(C(F)(F)F)cc2)C1. The molecule has 1 saturated heterocycles. The lowest BCUT2D eigenvalue weighted by Crippen LogP contribution is -2.40. The summed E-state index contributed by atoms with van der Waals surface area (Å²) in [5.74, 6) is -2.66. The van der Waals surface area contributed by atoms with Gasteiger partial charge in [-0.15, -0.1) is 0 Å². The molecule has 1 aromatic rings. The number of rotatable bonds is 5. The maximum Gasteiger partial charge on any atom is 0.416 e. The number of nitrogens with one attached hydrogen (secondary N) is 1. The topological polar surface area (TPSA) is 21.3 Å². The molecule has 0 aromatic heterocycles. The zero-order valence-corrected chi connectivity index (χ0v) is 14.5. The minimum absolute atomic E-state index is 0.150. The van der Waals surface area contributed by atoms with Gasteiger partial charge in [0.15, 0.2) is 0 Å². The van der Waals surface area contributed by atoms with Gasteiger partial charge in [-0.3, -0.25) is 0 Å². The van der Waals surface area contributed by atoms with E-state index in [1.165, 1.54) is 12.1 Å². The van der Waals surface area contributed by atoms with E-state index in [1.807, 2.05) is 0 Å². The quantitative estimate of drug-likeness (QED) is 0.692. The van der Waals surface area contributed by atoms with E-state index in [0.29, 0.717) is 18.6 Å². The van der Waals surface area contributed by atoms with Gasteiger partial charge < -0.3 is 10.1 Å². The minimum atomic E-state index is -4.41. The predicted octanol–water partition coefficient (Wildman–Crippen LogP) is 5.42. The van der Waals surface area contributed by atoms with Crippen LogP contribution in [0.3, 0.4) is 0 Å². The highest BCUT2D eigenvalue weighted by atomic mass is 19.4. The molecule has 3 rings (SSSR count). The summed E-state index contributed by atoms with van der Waals surface area (Å²) in [6.45, 7) is 0.901. The number of benzene rings is 1. The van der Waals surface area contributed by atoms with Crippen molar-refractivity contribution in [2.24, 2.45) is 5.92 Å². The molecule has 0 spiro atoms. The monoisotopic (exact) mass is 377 g/mol. The molecule has 1 aliphatic carbocycles. The number of hydrogen-bond acceptors (Lipinski definition) is 2. The Morgan fingerprint density at radius 3 is 2.38 bits per heavy atom. The molecule has 2 unspecified atom stereocenters. The Balaban J connectivity index is 1.70. The number of halogens is 5. The molecule has 0 amide bonds. The Morgan fingerprint density at radius 2 is 1.85 bits per heavy atom. The van der Waals surface area contributed by atoms with E-state index < -0.39 is 23.8 Å². The second-order valence-electron chi connectivity index (χ2n) is 7.42. The van der Waals surface area contributed by atoms with Crippen LogP contribution in [0, 0.1) is 5.92 Å². The third kappa shape index (κ3) is 5.09. The first-order valence-electron chi connectivity index (χ1n) is 9.18. The molecule has 0 radical (unpaired) electrons. The van der Waals surface area contributed by atoms with Crippen molar-refractivity contribution in [3.8, 4) is 5.75 Å². The molecule has 2 fully saturated rings. The lowest BCUT2D eigenvalue weighted by Gasteiger charge is -2.31. The second-order valence-corrected chi connectivity index (χ2v) is 7.42. The molecular weight excluding hydrogens is 353 g/mol. The van der Waals surface area contributed by atoms with Crippen LogP contribution in [-0.4, -0.2) is 24.6 Å². The van der Waals surface area contributed by atoms with E-state index in [2.05, 4.69) is 5.32 Å². The van der Waals surface area contributed by atoms with Crippen molar-refractivity contribution in [2.75, 3.05) is 6.54 Å². The van der Waals surface area contributed by atoms with Crippen molar-refractivity contribution in [1.82, 2.24) is 5.32 Å². The molecule has 26 heavy (non-hydrogen) atoms. The number of alkyl halides is 5. The molecule has 1 aromatic carbocycles. The molecule has 2 nitrogen and oxygen atoms in total. The largest absolute Gasteiger partial charge is 0.490 e. The van der Waals surface area contributed by atoms with Crippen LogP contribution in [0.2, 0.25) is 0 Å². The van der Waals surface area contributed by atoms with Crippen molar-refractivity contribution in [3.05, 3.63) is 29.8 Å². The van der Waals surface area contributed by atoms with Gasteiger partial charge >= 0.3 is 6.18 Å². The summed E-state index contributed by atoms with van der Waals surface area (Å²) >= 11 is 0. The lowest BCUT2D eigenvalue weighted by atomic mass is 9.91. The fraction of sp³-hybridized carbons (Fsp3) is 0.684. The highest BCUT2D eigenvalue weighted by Gasteiger charge is 2.44. The molecule has 2 aliphatic rings. The van der Waals surface area contributed by atoms with Crippen LogP contribution in [0.5, 0.6) is 5.75 Å². The van der Waals surface area contributed by atoms with Crippen molar-refractivity contribution in [1.29, 1.82) is 0 Å². The summed E-state index contributed by atoms with van der Waals surface area (Å²) in [6.07, 6.45) is -1.06. The first-order chi connectivity index (χ1) is 12.2. The summed E-state index contributed by atoms with van der Waals surface area (Å²) in [7, 11) is 0. The van der Waals surface area contributed by atoms with Crippen molar-refractivity contribution < 1.29 is 26.7 Å². The maximum atomic E-state index is 13.7. The second kappa shape index (κ2) is 7.71. The van der Waals surface area contributed by atoms with E-state index in [1.54, 1.807) is 0 Å². The van der Waals surface area contributed by atoms with Crippen LogP contribution in [-0.2, 0) is 6.18 Å². The summed E-state index contributed by atoms with van der Waals surface area (Å²) in [5.41, 5.74) is -0.747. The van der Waals surface area contributed by atoms with Gasteiger partial charge in [-0.05, 0) is 56.5 Å². The predicted molar refractivity (Wildman–Crippen MR) is 88.4 cm³/mol. The van der Waals surface area contributed by atoms with Gasteiger partial charge in [0.2, 0.25) is 5.92 Å². The fourth-order valence-electron chi connectivity index (χ4n) is 3.94. The summed E-state index contributed by atoms with van der Waals surface area (Å²) in [5, 5.41) is 3.39. The molecule has 146 valence electrons. The van der Waals surface area contributed by atoms with Crippen molar-refractivity contribution in [2.45, 2.75) is 69.2 Å². The normalized spacial score (nSPS) is 27.3. The van der Waals surface area contributed by atoms with Gasteiger partial charge in [0, 0.05) is 24.8 Å². The van der Waals surface area contributed by atoms with E-state index in [9.17, 15) is 22.0 Å². The van der Waals surface area contributed by atoms with E-state index in [4.69, 9.17) is 4.74 Å². The average molecular weight is 377 g/mol. The van der Waals surface area contributed by atoms with Gasteiger partial charge in [-0.25, -0.2) is 8.78 Å². The first-order valence-corrected chi connectivity index (χ1v) is 9.18. The van der Waals surface area contributed by atoms with Crippen LogP contribution < -0.4 is 10.1 Å². The van der Waals surface area contributed by atoms with Crippen LogP contribution in [0.4, 0.5) is 22.0 Å². The maximum absolute atomic E-state index is 13.7. The van der Waals surface area contributed by atoms with E-state index in [0.717, 1.165) is 37.9 Å². The Bertz CT molecular complexity index is 581. The zero-order chi connectivity index (χ0) is 18.8. The highest BCUT2D eigenvalue weighted by Crippen LogP contribution is 2.42. The first kappa shape index (κ1) is 19.4. The molecule has 1 N–H and O–H groups in total. The molecule has 7 heteroatoms. The highest BCUT2D eigenvalue weighted by molar-refractivity contribution is 5.29.